The molecule has 0 atom stereocenters. The monoisotopic (exact) mass is 374 g/mol. The van der Waals surface area contributed by atoms with Crippen molar-refractivity contribution in [2.45, 2.75) is 19.8 Å². The number of carboxylic acids is 1. The summed E-state index contributed by atoms with van der Waals surface area (Å²) in [5, 5.41) is 21.2. The summed E-state index contributed by atoms with van der Waals surface area (Å²) in [5.41, 5.74) is 0.422. The third-order valence-corrected chi connectivity index (χ3v) is 4.27. The van der Waals surface area contributed by atoms with Crippen molar-refractivity contribution in [3.8, 4) is 11.5 Å². The van der Waals surface area contributed by atoms with Crippen molar-refractivity contribution >= 4 is 11.9 Å². The van der Waals surface area contributed by atoms with Gasteiger partial charge in [0.15, 0.2) is 0 Å². The third-order valence-electron chi connectivity index (χ3n) is 4.27. The van der Waals surface area contributed by atoms with E-state index < -0.39 is 35.3 Å². The lowest BCUT2D eigenvalue weighted by molar-refractivity contribution is -0.135. The molecule has 2 heterocycles. The van der Waals surface area contributed by atoms with E-state index in [2.05, 4.69) is 5.32 Å². The van der Waals surface area contributed by atoms with Gasteiger partial charge in [-0.1, -0.05) is 12.1 Å². The van der Waals surface area contributed by atoms with Crippen LogP contribution in [-0.4, -0.2) is 40.3 Å². The molecule has 1 aromatic carbocycles. The number of fused-ring (bicyclic) bond motifs is 1. The van der Waals surface area contributed by atoms with Crippen molar-refractivity contribution in [3.63, 3.8) is 0 Å². The second-order valence-corrected chi connectivity index (χ2v) is 5.96. The first-order chi connectivity index (χ1) is 12.9. The van der Waals surface area contributed by atoms with Crippen molar-refractivity contribution in [1.82, 2.24) is 9.88 Å². The Kier molecular flexibility index (Phi) is 5.13. The molecule has 27 heavy (non-hydrogen) atoms. The average molecular weight is 374 g/mol. The number of aromatic hydroxyl groups is 1. The maximum absolute atomic E-state index is 12.9. The Morgan fingerprint density at radius 1 is 1.26 bits per heavy atom. The Balaban J connectivity index is 2.03. The van der Waals surface area contributed by atoms with Crippen molar-refractivity contribution in [2.75, 3.05) is 13.7 Å². The molecule has 0 saturated heterocycles. The van der Waals surface area contributed by atoms with Gasteiger partial charge in [-0.15, -0.1) is 0 Å². The van der Waals surface area contributed by atoms with E-state index in [1.807, 2.05) is 0 Å². The minimum absolute atomic E-state index is 0.0588. The zero-order valence-corrected chi connectivity index (χ0v) is 14.5. The molecule has 3 rings (SSSR count). The van der Waals surface area contributed by atoms with Crippen molar-refractivity contribution < 1.29 is 29.3 Å². The van der Waals surface area contributed by atoms with Crippen molar-refractivity contribution in [2.24, 2.45) is 0 Å². The summed E-state index contributed by atoms with van der Waals surface area (Å²) in [5.74, 6) is -2.01. The standard InChI is InChI=1S/C18H18N2O7/c1-26-11-4-2-10(3-5-11)7-20-13-9-27-8-12(13)16(23)15(18(20)25)17(24)19-6-14(21)22/h2-5,23H,6-9H2,1H3,(H,19,24)(H,21,22). The van der Waals surface area contributed by atoms with Gasteiger partial charge in [-0.05, 0) is 17.7 Å². The van der Waals surface area contributed by atoms with Gasteiger partial charge in [0.25, 0.3) is 11.5 Å². The number of nitrogens with one attached hydrogen (secondary N) is 1. The fourth-order valence-electron chi connectivity index (χ4n) is 2.91. The molecule has 9 nitrogen and oxygen atoms in total. The number of aromatic nitrogens is 1. The quantitative estimate of drug-likeness (QED) is 0.670. The fourth-order valence-corrected chi connectivity index (χ4v) is 2.91. The van der Waals surface area contributed by atoms with E-state index in [1.54, 1.807) is 31.4 Å². The van der Waals surface area contributed by atoms with E-state index in [1.165, 1.54) is 4.57 Å². The van der Waals surface area contributed by atoms with Crippen LogP contribution in [0.2, 0.25) is 0 Å². The molecule has 142 valence electrons. The molecule has 9 heteroatoms. The summed E-state index contributed by atoms with van der Waals surface area (Å²) in [6.45, 7) is -0.313. The molecule has 0 unspecified atom stereocenters. The van der Waals surface area contributed by atoms with Gasteiger partial charge in [0.05, 0.1) is 32.6 Å². The van der Waals surface area contributed by atoms with Crippen LogP contribution < -0.4 is 15.6 Å². The number of carbonyl (C=O) groups excluding carboxylic acids is 1. The number of methoxy groups -OCH3 is 1. The smallest absolute Gasteiger partial charge is 0.322 e. The van der Waals surface area contributed by atoms with Crippen LogP contribution in [0.25, 0.3) is 0 Å². The molecule has 0 saturated carbocycles. The Hall–Kier alpha value is -3.33. The second-order valence-electron chi connectivity index (χ2n) is 5.96. The lowest BCUT2D eigenvalue weighted by Gasteiger charge is -2.15. The zero-order chi connectivity index (χ0) is 19.6. The fraction of sp³-hybridized carbons (Fsp3) is 0.278. The average Bonchev–Trinajstić information content (AvgIpc) is 3.14. The minimum atomic E-state index is -1.26. The van der Waals surface area contributed by atoms with E-state index in [0.29, 0.717) is 17.0 Å². The molecule has 3 N–H and O–H groups in total. The van der Waals surface area contributed by atoms with E-state index in [4.69, 9.17) is 14.6 Å². The first kappa shape index (κ1) is 18.5. The number of hydrogen-bond donors (Lipinski definition) is 3. The van der Waals surface area contributed by atoms with Crippen LogP contribution in [0.3, 0.4) is 0 Å². The normalized spacial score (nSPS) is 12.5. The predicted octanol–water partition coefficient (Wildman–Crippen LogP) is 0.455. The first-order valence-electron chi connectivity index (χ1n) is 8.10. The summed E-state index contributed by atoms with van der Waals surface area (Å²) in [6.07, 6.45) is 0. The summed E-state index contributed by atoms with van der Waals surface area (Å²) >= 11 is 0. The number of rotatable bonds is 6. The highest BCUT2D eigenvalue weighted by Crippen LogP contribution is 2.30. The number of hydrogen-bond acceptors (Lipinski definition) is 6. The number of pyridine rings is 1. The number of carbonyl (C=O) groups is 2. The van der Waals surface area contributed by atoms with E-state index in [-0.39, 0.29) is 19.8 Å². The molecule has 0 fully saturated rings. The van der Waals surface area contributed by atoms with Gasteiger partial charge in [0, 0.05) is 5.56 Å². The number of aliphatic carboxylic acids is 1. The molecule has 1 amide bonds. The van der Waals surface area contributed by atoms with Gasteiger partial charge in [0.2, 0.25) is 0 Å². The molecule has 0 spiro atoms. The summed E-state index contributed by atoms with van der Waals surface area (Å²) < 4.78 is 11.8. The Bertz CT molecular complexity index is 948. The number of nitrogens with zero attached hydrogens (tertiary/aromatic N) is 1. The van der Waals surface area contributed by atoms with Crippen molar-refractivity contribution in [3.05, 3.63) is 57.0 Å². The highest BCUT2D eigenvalue weighted by molar-refractivity contribution is 5.98. The number of ether oxygens (including phenoxy) is 2. The lowest BCUT2D eigenvalue weighted by atomic mass is 10.1. The molecule has 1 aromatic heterocycles. The SMILES string of the molecule is COc1ccc(Cn2c3c(c(O)c(C(=O)NCC(=O)O)c2=O)COC3)cc1. The molecule has 0 bridgehead atoms. The van der Waals surface area contributed by atoms with Gasteiger partial charge in [-0.25, -0.2) is 0 Å². The van der Waals surface area contributed by atoms with Gasteiger partial charge in [-0.2, -0.15) is 0 Å². The largest absolute Gasteiger partial charge is 0.506 e. The third kappa shape index (κ3) is 3.63. The van der Waals surface area contributed by atoms with Crippen LogP contribution in [0, 0.1) is 0 Å². The molecule has 2 aromatic rings. The van der Waals surface area contributed by atoms with E-state index in [9.17, 15) is 19.5 Å². The molecule has 0 radical (unpaired) electrons. The van der Waals surface area contributed by atoms with Crippen LogP contribution >= 0.6 is 0 Å². The van der Waals surface area contributed by atoms with Crippen LogP contribution in [0.5, 0.6) is 11.5 Å². The van der Waals surface area contributed by atoms with Gasteiger partial charge in [0.1, 0.15) is 23.6 Å². The molecule has 0 aliphatic carbocycles. The maximum atomic E-state index is 12.9. The topological polar surface area (TPSA) is 127 Å². The van der Waals surface area contributed by atoms with Crippen LogP contribution in [0.15, 0.2) is 29.1 Å². The summed E-state index contributed by atoms with van der Waals surface area (Å²) in [7, 11) is 1.55. The highest BCUT2D eigenvalue weighted by Gasteiger charge is 2.29. The molecular weight excluding hydrogens is 356 g/mol. The first-order valence-corrected chi connectivity index (χ1v) is 8.10. The molecule has 1 aliphatic heterocycles. The minimum Gasteiger partial charge on any atom is -0.506 e. The van der Waals surface area contributed by atoms with E-state index >= 15 is 0 Å². The van der Waals surface area contributed by atoms with Gasteiger partial charge >= 0.3 is 5.97 Å². The van der Waals surface area contributed by atoms with Crippen LogP contribution in [0.4, 0.5) is 0 Å². The van der Waals surface area contributed by atoms with Crippen LogP contribution in [-0.2, 0) is 29.3 Å². The maximum Gasteiger partial charge on any atom is 0.322 e. The Morgan fingerprint density at radius 3 is 2.59 bits per heavy atom. The Morgan fingerprint density at radius 2 is 1.96 bits per heavy atom. The van der Waals surface area contributed by atoms with Crippen LogP contribution in [0.1, 0.15) is 27.2 Å². The van der Waals surface area contributed by atoms with Crippen molar-refractivity contribution in [1.29, 1.82) is 0 Å². The summed E-state index contributed by atoms with van der Waals surface area (Å²) in [6, 6.07) is 7.06. The van der Waals surface area contributed by atoms with Gasteiger partial charge < -0.3 is 29.6 Å². The van der Waals surface area contributed by atoms with E-state index in [0.717, 1.165) is 5.56 Å². The number of benzene rings is 1. The molecule has 1 aliphatic rings. The van der Waals surface area contributed by atoms with Gasteiger partial charge in [-0.3, -0.25) is 14.4 Å². The molecular formula is C18H18N2O7. The second kappa shape index (κ2) is 7.50. The lowest BCUT2D eigenvalue weighted by Crippen LogP contribution is -2.37. The number of carboxylic acid groups (broad SMARTS) is 1. The number of amides is 1. The highest BCUT2D eigenvalue weighted by atomic mass is 16.5. The Labute approximate surface area is 153 Å². The predicted molar refractivity (Wildman–Crippen MR) is 92.9 cm³/mol. The summed E-state index contributed by atoms with van der Waals surface area (Å²) in [4.78, 5) is 35.8. The zero-order valence-electron chi connectivity index (χ0n) is 14.5.